The number of rotatable bonds is 7. The van der Waals surface area contributed by atoms with Crippen LogP contribution in [-0.4, -0.2) is 128 Å². The molecule has 8 fully saturated rings. The molecule has 5 aliphatic carbocycles. The highest BCUT2D eigenvalue weighted by Gasteiger charge is 2.72. The predicted octanol–water partition coefficient (Wildman–Crippen LogP) is 7.82. The van der Waals surface area contributed by atoms with Gasteiger partial charge in [-0.05, 0) is 122 Å². The monoisotopic (exact) mass is 849 g/mol. The quantitative estimate of drug-likeness (QED) is 0.190. The van der Waals surface area contributed by atoms with Crippen molar-refractivity contribution in [3.8, 4) is 0 Å². The molecule has 4 unspecified atom stereocenters. The van der Waals surface area contributed by atoms with Crippen molar-refractivity contribution in [2.24, 2.45) is 62.1 Å². The van der Waals surface area contributed by atoms with Crippen LogP contribution in [-0.2, 0) is 28.6 Å². The second kappa shape index (κ2) is 16.4. The number of carbonyl (C=O) groups excluding carboxylic acids is 4. The van der Waals surface area contributed by atoms with E-state index in [9.17, 15) is 14.4 Å². The lowest BCUT2D eigenvalue weighted by Crippen LogP contribution is -2.68. The van der Waals surface area contributed by atoms with Gasteiger partial charge in [0.2, 0.25) is 11.8 Å². The van der Waals surface area contributed by atoms with E-state index in [0.29, 0.717) is 121 Å². The molecule has 8 rings (SSSR count). The van der Waals surface area contributed by atoms with Crippen LogP contribution in [0.15, 0.2) is 12.2 Å². The number of urea groups is 1. The maximum atomic E-state index is 15.2. The number of hydrogen-bond acceptors (Lipinski definition) is 7. The number of esters is 1. The van der Waals surface area contributed by atoms with Crippen molar-refractivity contribution in [3.05, 3.63) is 12.2 Å². The number of nitrogens with zero attached hydrogens (tertiary/aromatic N) is 4. The van der Waals surface area contributed by atoms with Crippen LogP contribution < -0.4 is 0 Å². The highest BCUT2D eigenvalue weighted by molar-refractivity contribution is 5.84. The van der Waals surface area contributed by atoms with Crippen LogP contribution in [0, 0.1) is 62.1 Å². The fourth-order valence-electron chi connectivity index (χ4n) is 16.1. The number of morpholine rings is 2. The van der Waals surface area contributed by atoms with E-state index >= 15 is 4.79 Å². The third-order valence-electron chi connectivity index (χ3n) is 19.4. The summed E-state index contributed by atoms with van der Waals surface area (Å²) in [6.45, 7) is 30.7. The summed E-state index contributed by atoms with van der Waals surface area (Å²) in [6.07, 6.45) is 11.0. The molecule has 0 spiro atoms. The molecule has 0 aromatic heterocycles. The van der Waals surface area contributed by atoms with E-state index in [1.54, 1.807) is 0 Å². The van der Waals surface area contributed by atoms with Crippen LogP contribution in [0.4, 0.5) is 4.79 Å². The minimum absolute atomic E-state index is 0.0860. The second-order valence-corrected chi connectivity index (χ2v) is 23.4. The number of piperazine rings is 1. The molecule has 3 aliphatic heterocycles. The molecule has 342 valence electrons. The van der Waals surface area contributed by atoms with Crippen molar-refractivity contribution in [2.75, 3.05) is 78.8 Å². The highest BCUT2D eigenvalue weighted by atomic mass is 16.5. The summed E-state index contributed by atoms with van der Waals surface area (Å²) in [5.41, 5.74) is 0.611. The Labute approximate surface area is 367 Å². The van der Waals surface area contributed by atoms with E-state index in [1.165, 1.54) is 12.0 Å². The van der Waals surface area contributed by atoms with Crippen molar-refractivity contribution >= 4 is 23.8 Å². The minimum Gasteiger partial charge on any atom is -0.462 e. The van der Waals surface area contributed by atoms with Crippen LogP contribution in [0.1, 0.15) is 132 Å². The van der Waals surface area contributed by atoms with Gasteiger partial charge in [-0.2, -0.15) is 0 Å². The smallest absolute Gasteiger partial charge is 0.320 e. The summed E-state index contributed by atoms with van der Waals surface area (Å²) >= 11 is 0. The van der Waals surface area contributed by atoms with E-state index < -0.39 is 5.41 Å². The number of ether oxygens (including phenoxy) is 3. The Balaban J connectivity index is 0.956. The number of amides is 4. The molecule has 0 radical (unpaired) electrons. The van der Waals surface area contributed by atoms with Gasteiger partial charge in [0, 0.05) is 64.2 Å². The zero-order valence-electron chi connectivity index (χ0n) is 39.3. The second-order valence-electron chi connectivity index (χ2n) is 23.4. The van der Waals surface area contributed by atoms with Crippen LogP contribution in [0.3, 0.4) is 0 Å². The lowest BCUT2D eigenvalue weighted by atomic mass is 9.32. The van der Waals surface area contributed by atoms with Crippen molar-refractivity contribution in [3.63, 3.8) is 0 Å². The van der Waals surface area contributed by atoms with Gasteiger partial charge in [0.05, 0.1) is 38.3 Å². The molecule has 61 heavy (non-hydrogen) atoms. The van der Waals surface area contributed by atoms with Gasteiger partial charge in [0.15, 0.2) is 0 Å². The van der Waals surface area contributed by atoms with Crippen LogP contribution in [0.25, 0.3) is 0 Å². The van der Waals surface area contributed by atoms with Gasteiger partial charge in [0.25, 0.3) is 0 Å². The first-order valence-electron chi connectivity index (χ1n) is 24.4. The van der Waals surface area contributed by atoms with E-state index in [4.69, 9.17) is 14.2 Å². The first-order chi connectivity index (χ1) is 28.8. The fourth-order valence-corrected chi connectivity index (χ4v) is 16.1. The Kier molecular flexibility index (Phi) is 12.1. The normalized spacial score (nSPS) is 39.9. The number of carbonyl (C=O) groups is 4. The molecule has 0 aromatic carbocycles. The Bertz CT molecular complexity index is 1710. The zero-order valence-corrected chi connectivity index (χ0v) is 39.3. The highest BCUT2D eigenvalue weighted by Crippen LogP contribution is 2.77. The summed E-state index contributed by atoms with van der Waals surface area (Å²) in [5, 5.41) is 0. The molecule has 0 bridgehead atoms. The maximum absolute atomic E-state index is 15.2. The van der Waals surface area contributed by atoms with Gasteiger partial charge in [0.1, 0.15) is 6.10 Å². The number of fused-ring (bicyclic) bond motifs is 7. The Morgan fingerprint density at radius 2 is 1.26 bits per heavy atom. The van der Waals surface area contributed by atoms with Gasteiger partial charge in [-0.1, -0.05) is 60.6 Å². The molecule has 3 heterocycles. The molecule has 0 N–H and O–H groups in total. The maximum Gasteiger partial charge on any atom is 0.320 e. The van der Waals surface area contributed by atoms with Crippen molar-refractivity contribution in [1.29, 1.82) is 0 Å². The average molecular weight is 849 g/mol. The molecule has 11 heteroatoms. The van der Waals surface area contributed by atoms with E-state index in [1.807, 2.05) is 28.5 Å². The molecule has 3 saturated heterocycles. The molecule has 4 amide bonds. The van der Waals surface area contributed by atoms with E-state index in [2.05, 4.69) is 53.0 Å². The molecule has 5 saturated carbocycles. The molecule has 8 aliphatic rings. The molecular weight excluding hydrogens is 769 g/mol. The van der Waals surface area contributed by atoms with Crippen LogP contribution >= 0.6 is 0 Å². The molecule has 11 nitrogen and oxygen atoms in total. The topological polar surface area (TPSA) is 109 Å². The lowest BCUT2D eigenvalue weighted by molar-refractivity contribution is -0.250. The van der Waals surface area contributed by atoms with E-state index in [-0.39, 0.29) is 57.5 Å². The number of allylic oxidation sites excluding steroid dienone is 1. The zero-order chi connectivity index (χ0) is 43.8. The summed E-state index contributed by atoms with van der Waals surface area (Å²) in [6, 6.07) is 0.0860. The Morgan fingerprint density at radius 1 is 0.656 bits per heavy atom. The van der Waals surface area contributed by atoms with Gasteiger partial charge in [-0.3, -0.25) is 14.4 Å². The third-order valence-corrected chi connectivity index (χ3v) is 19.4. The first kappa shape index (κ1) is 44.9. The third kappa shape index (κ3) is 7.57. The number of hydrogen-bond donors (Lipinski definition) is 0. The molecular formula is C50H80N4O7. The Morgan fingerprint density at radius 3 is 1.90 bits per heavy atom. The van der Waals surface area contributed by atoms with E-state index in [0.717, 1.165) is 57.8 Å². The fraction of sp³-hybridized carbons (Fsp3) is 0.880. The SMILES string of the molecule is C=C(C)C1CC[C@]2(C(=O)N3CCN(C(=O)N4CCOCC4)CC3)CC[C@]3(C)[C@H](CCC4[C@@]5(C)CC[C@H](OC(=O)CC(C)(C)CC(=O)N6CCOCC6)C(C)(C)C5CC[C@]43C)C12. The van der Waals surface area contributed by atoms with Gasteiger partial charge in [-0.15, -0.1) is 0 Å². The molecule has 10 atom stereocenters. The van der Waals surface area contributed by atoms with Gasteiger partial charge in [-0.25, -0.2) is 4.79 Å². The van der Waals surface area contributed by atoms with Crippen LogP contribution in [0.5, 0.6) is 0 Å². The average Bonchev–Trinajstić information content (AvgIpc) is 3.63. The molecule has 0 aromatic rings. The largest absolute Gasteiger partial charge is 0.462 e. The summed E-state index contributed by atoms with van der Waals surface area (Å²) in [4.78, 5) is 63.2. The van der Waals surface area contributed by atoms with Crippen molar-refractivity contribution in [2.45, 2.75) is 139 Å². The van der Waals surface area contributed by atoms with Gasteiger partial charge < -0.3 is 33.8 Å². The lowest BCUT2D eigenvalue weighted by Gasteiger charge is -2.73. The predicted molar refractivity (Wildman–Crippen MR) is 235 cm³/mol. The Hall–Kier alpha value is -2.66. The summed E-state index contributed by atoms with van der Waals surface area (Å²) in [7, 11) is 0. The van der Waals surface area contributed by atoms with Crippen molar-refractivity contribution < 1.29 is 33.4 Å². The standard InChI is InChI=1S/C50H80N4O7/c1-34(2)35-12-17-50(43(57)52-20-22-53(23-21-52)44(58)54-26-30-60-31-27-54)19-18-48(8)36(42(35)50)10-11-38-47(7)15-14-39(46(5,6)37(47)13-16-49(38,48)9)61-41(56)33-45(3,4)32-40(55)51-24-28-59-29-25-51/h35-39,42H,1,10-33H2,2-9H3/t35?,36-,37?,38?,39+,42?,47+,48-,49-,50+/m1/s1. The summed E-state index contributed by atoms with van der Waals surface area (Å²) < 4.78 is 17.4. The minimum atomic E-state index is -0.482. The van der Waals surface area contributed by atoms with Crippen molar-refractivity contribution in [1.82, 2.24) is 19.6 Å². The first-order valence-corrected chi connectivity index (χ1v) is 24.4. The van der Waals surface area contributed by atoms with Gasteiger partial charge >= 0.3 is 12.0 Å². The summed E-state index contributed by atoms with van der Waals surface area (Å²) in [5.74, 6) is 2.38. The van der Waals surface area contributed by atoms with Crippen LogP contribution in [0.2, 0.25) is 0 Å².